The summed E-state index contributed by atoms with van der Waals surface area (Å²) in [7, 11) is 0. The van der Waals surface area contributed by atoms with Gasteiger partial charge in [-0.25, -0.2) is 4.39 Å². The lowest BCUT2D eigenvalue weighted by atomic mass is 10.0. The van der Waals surface area contributed by atoms with Crippen LogP contribution in [-0.4, -0.2) is 17.5 Å². The summed E-state index contributed by atoms with van der Waals surface area (Å²) in [6.07, 6.45) is 3.12. The van der Waals surface area contributed by atoms with Crippen molar-refractivity contribution in [3.8, 4) is 16.9 Å². The topological polar surface area (TPSA) is 77.2 Å². The van der Waals surface area contributed by atoms with E-state index in [0.29, 0.717) is 29.2 Å². The maximum absolute atomic E-state index is 14.3. The van der Waals surface area contributed by atoms with Crippen molar-refractivity contribution < 1.29 is 13.9 Å². The minimum Gasteiger partial charge on any atom is -0.494 e. The van der Waals surface area contributed by atoms with Crippen molar-refractivity contribution >= 4 is 11.6 Å². The summed E-state index contributed by atoms with van der Waals surface area (Å²) in [5, 5.41) is 3.07. The van der Waals surface area contributed by atoms with Gasteiger partial charge in [-0.2, -0.15) is 0 Å². The van der Waals surface area contributed by atoms with Crippen molar-refractivity contribution in [2.75, 3.05) is 11.9 Å². The number of aromatic nitrogens is 1. The van der Waals surface area contributed by atoms with Gasteiger partial charge in [0.1, 0.15) is 17.6 Å². The van der Waals surface area contributed by atoms with E-state index in [2.05, 4.69) is 10.3 Å². The number of nitrogens with two attached hydrogens (primary N) is 1. The molecule has 27 heavy (non-hydrogen) atoms. The average molecular weight is 365 g/mol. The summed E-state index contributed by atoms with van der Waals surface area (Å²) < 4.78 is 19.7. The molecule has 0 bridgehead atoms. The highest BCUT2D eigenvalue weighted by Gasteiger charge is 2.18. The molecule has 3 N–H and O–H groups in total. The third-order valence-corrected chi connectivity index (χ3v) is 4.03. The number of hydrogen-bond donors (Lipinski definition) is 2. The van der Waals surface area contributed by atoms with E-state index in [1.807, 2.05) is 37.3 Å². The SMILES string of the molecule is CCOc1ccc(F)c(-c2cncc(NC(C(N)=O)c3ccccc3)c2)c1. The zero-order valence-electron chi connectivity index (χ0n) is 14.9. The second-order valence-corrected chi connectivity index (χ2v) is 5.93. The van der Waals surface area contributed by atoms with Crippen LogP contribution in [0.1, 0.15) is 18.5 Å². The molecule has 3 aromatic rings. The Morgan fingerprint density at radius 2 is 1.96 bits per heavy atom. The normalized spacial score (nSPS) is 11.6. The molecular weight excluding hydrogens is 345 g/mol. The van der Waals surface area contributed by atoms with E-state index in [9.17, 15) is 9.18 Å². The fraction of sp³-hybridized carbons (Fsp3) is 0.143. The Kier molecular flexibility index (Phi) is 5.66. The van der Waals surface area contributed by atoms with Crippen LogP contribution in [0.2, 0.25) is 0 Å². The zero-order chi connectivity index (χ0) is 19.2. The van der Waals surface area contributed by atoms with Crippen LogP contribution in [0.25, 0.3) is 11.1 Å². The first-order valence-electron chi connectivity index (χ1n) is 8.57. The maximum Gasteiger partial charge on any atom is 0.244 e. The van der Waals surface area contributed by atoms with Crippen LogP contribution >= 0.6 is 0 Å². The minimum atomic E-state index is -0.720. The number of nitrogens with one attached hydrogen (secondary N) is 1. The summed E-state index contributed by atoms with van der Waals surface area (Å²) in [5.41, 5.74) is 7.77. The lowest BCUT2D eigenvalue weighted by Gasteiger charge is -2.17. The molecule has 1 unspecified atom stereocenters. The smallest absolute Gasteiger partial charge is 0.244 e. The summed E-state index contributed by atoms with van der Waals surface area (Å²) in [5.74, 6) is -0.324. The van der Waals surface area contributed by atoms with Crippen LogP contribution in [-0.2, 0) is 4.79 Å². The summed E-state index contributed by atoms with van der Waals surface area (Å²) in [6, 6.07) is 14.7. The molecule has 0 aliphatic rings. The number of carbonyl (C=O) groups excluding carboxylic acids is 1. The van der Waals surface area contributed by atoms with Crippen molar-refractivity contribution in [2.24, 2.45) is 5.73 Å². The quantitative estimate of drug-likeness (QED) is 0.665. The van der Waals surface area contributed by atoms with Gasteiger partial charge in [0, 0.05) is 17.3 Å². The van der Waals surface area contributed by atoms with Crippen LogP contribution in [0.4, 0.5) is 10.1 Å². The molecule has 3 rings (SSSR count). The highest BCUT2D eigenvalue weighted by Crippen LogP contribution is 2.29. The van der Waals surface area contributed by atoms with Gasteiger partial charge in [-0.15, -0.1) is 0 Å². The number of carbonyl (C=O) groups is 1. The number of rotatable bonds is 7. The zero-order valence-corrected chi connectivity index (χ0v) is 14.9. The van der Waals surface area contributed by atoms with E-state index in [1.54, 1.807) is 30.6 Å². The minimum absolute atomic E-state index is 0.368. The number of pyridine rings is 1. The van der Waals surface area contributed by atoms with Gasteiger partial charge in [0.25, 0.3) is 0 Å². The molecule has 0 aliphatic heterocycles. The van der Waals surface area contributed by atoms with Gasteiger partial charge in [-0.05, 0) is 36.8 Å². The Labute approximate surface area is 157 Å². The molecule has 0 fully saturated rings. The molecule has 6 heteroatoms. The molecule has 1 heterocycles. The standard InChI is InChI=1S/C21H20FN3O2/c1-2-27-17-8-9-19(22)18(11-17)15-10-16(13-24-12-15)25-20(21(23)26)14-6-4-3-5-7-14/h3-13,20,25H,2H2,1H3,(H2,23,26). The van der Waals surface area contributed by atoms with Crippen molar-refractivity contribution in [1.82, 2.24) is 4.98 Å². The molecule has 138 valence electrons. The maximum atomic E-state index is 14.3. The van der Waals surface area contributed by atoms with Crippen LogP contribution in [0, 0.1) is 5.82 Å². The first-order valence-corrected chi connectivity index (χ1v) is 8.57. The van der Waals surface area contributed by atoms with Crippen molar-refractivity contribution in [3.63, 3.8) is 0 Å². The number of halogens is 1. The van der Waals surface area contributed by atoms with Crippen LogP contribution in [0.5, 0.6) is 5.75 Å². The molecule has 1 atom stereocenters. The van der Waals surface area contributed by atoms with Gasteiger partial charge in [0.2, 0.25) is 5.91 Å². The Morgan fingerprint density at radius 3 is 2.67 bits per heavy atom. The predicted octanol–water partition coefficient (Wildman–Crippen LogP) is 3.92. The van der Waals surface area contributed by atoms with Gasteiger partial charge in [0.05, 0.1) is 18.5 Å². The van der Waals surface area contributed by atoms with E-state index >= 15 is 0 Å². The van der Waals surface area contributed by atoms with Crippen molar-refractivity contribution in [2.45, 2.75) is 13.0 Å². The molecule has 0 aliphatic carbocycles. The number of amides is 1. The molecule has 0 saturated heterocycles. The van der Waals surface area contributed by atoms with Gasteiger partial charge in [0.15, 0.2) is 0 Å². The number of benzene rings is 2. The lowest BCUT2D eigenvalue weighted by molar-refractivity contribution is -0.118. The third-order valence-electron chi connectivity index (χ3n) is 4.03. The predicted molar refractivity (Wildman–Crippen MR) is 103 cm³/mol. The largest absolute Gasteiger partial charge is 0.494 e. The van der Waals surface area contributed by atoms with E-state index in [0.717, 1.165) is 5.56 Å². The molecule has 5 nitrogen and oxygen atoms in total. The van der Waals surface area contributed by atoms with Crippen molar-refractivity contribution in [3.05, 3.63) is 78.4 Å². The van der Waals surface area contributed by atoms with Crippen LogP contribution in [0.15, 0.2) is 67.0 Å². The molecule has 1 amide bonds. The van der Waals surface area contributed by atoms with E-state index in [-0.39, 0.29) is 5.82 Å². The second-order valence-electron chi connectivity index (χ2n) is 5.93. The fourth-order valence-electron chi connectivity index (χ4n) is 2.78. The fourth-order valence-corrected chi connectivity index (χ4v) is 2.78. The Hall–Kier alpha value is -3.41. The number of hydrogen-bond acceptors (Lipinski definition) is 4. The van der Waals surface area contributed by atoms with E-state index in [1.165, 1.54) is 6.07 Å². The van der Waals surface area contributed by atoms with Crippen LogP contribution in [0.3, 0.4) is 0 Å². The van der Waals surface area contributed by atoms with Gasteiger partial charge >= 0.3 is 0 Å². The summed E-state index contributed by atoms with van der Waals surface area (Å²) >= 11 is 0. The highest BCUT2D eigenvalue weighted by molar-refractivity contribution is 5.84. The van der Waals surface area contributed by atoms with Crippen LogP contribution < -0.4 is 15.8 Å². The number of ether oxygens (including phenoxy) is 1. The molecule has 2 aromatic carbocycles. The first kappa shape index (κ1) is 18.4. The Morgan fingerprint density at radius 1 is 1.19 bits per heavy atom. The second kappa shape index (κ2) is 8.31. The lowest BCUT2D eigenvalue weighted by Crippen LogP contribution is -2.27. The number of anilines is 1. The average Bonchev–Trinajstić information content (AvgIpc) is 2.68. The molecule has 0 radical (unpaired) electrons. The third kappa shape index (κ3) is 4.41. The van der Waals surface area contributed by atoms with Gasteiger partial charge < -0.3 is 15.8 Å². The first-order chi connectivity index (χ1) is 13.1. The molecular formula is C21H20FN3O2. The van der Waals surface area contributed by atoms with Gasteiger partial charge in [-0.1, -0.05) is 30.3 Å². The monoisotopic (exact) mass is 365 g/mol. The number of nitrogens with zero attached hydrogens (tertiary/aromatic N) is 1. The summed E-state index contributed by atoms with van der Waals surface area (Å²) in [6.45, 7) is 2.35. The molecule has 1 aromatic heterocycles. The Balaban J connectivity index is 1.92. The van der Waals surface area contributed by atoms with E-state index < -0.39 is 11.9 Å². The molecule has 0 saturated carbocycles. The van der Waals surface area contributed by atoms with Crippen molar-refractivity contribution in [1.29, 1.82) is 0 Å². The highest BCUT2D eigenvalue weighted by atomic mass is 19.1. The summed E-state index contributed by atoms with van der Waals surface area (Å²) in [4.78, 5) is 16.1. The van der Waals surface area contributed by atoms with E-state index in [4.69, 9.17) is 10.5 Å². The Bertz CT molecular complexity index is 932. The number of primary amides is 1. The van der Waals surface area contributed by atoms with Gasteiger partial charge in [-0.3, -0.25) is 9.78 Å². The molecule has 0 spiro atoms.